The van der Waals surface area contributed by atoms with E-state index in [1.54, 1.807) is 11.1 Å². The first-order valence-corrected chi connectivity index (χ1v) is 6.80. The number of morpholine rings is 1. The van der Waals surface area contributed by atoms with Crippen molar-refractivity contribution in [1.29, 1.82) is 0 Å². The predicted molar refractivity (Wildman–Crippen MR) is 79.2 cm³/mol. The van der Waals surface area contributed by atoms with E-state index in [0.717, 1.165) is 5.82 Å². The number of carbonyl (C=O) groups is 1. The van der Waals surface area contributed by atoms with Gasteiger partial charge in [0.25, 0.3) is 0 Å². The van der Waals surface area contributed by atoms with Crippen molar-refractivity contribution in [2.24, 2.45) is 0 Å². The average molecular weight is 278 g/mol. The van der Waals surface area contributed by atoms with E-state index in [1.807, 2.05) is 45.0 Å². The maximum Gasteiger partial charge on any atom is 0.322 e. The monoisotopic (exact) mass is 278 g/mol. The quantitative estimate of drug-likeness (QED) is 0.896. The van der Waals surface area contributed by atoms with Gasteiger partial charge in [0.1, 0.15) is 5.82 Å². The summed E-state index contributed by atoms with van der Waals surface area (Å²) in [5.41, 5.74) is 0.701. The van der Waals surface area contributed by atoms with Gasteiger partial charge in [-0.3, -0.25) is 0 Å². The molecule has 2 heterocycles. The van der Waals surface area contributed by atoms with Crippen molar-refractivity contribution >= 4 is 17.5 Å². The lowest BCUT2D eigenvalue weighted by Crippen LogP contribution is -2.49. The summed E-state index contributed by atoms with van der Waals surface area (Å²) in [6.45, 7) is 5.17. The van der Waals surface area contributed by atoms with Crippen LogP contribution in [0.2, 0.25) is 0 Å². The molecule has 2 atom stereocenters. The highest BCUT2D eigenvalue weighted by Gasteiger charge is 2.25. The van der Waals surface area contributed by atoms with Crippen LogP contribution in [0.25, 0.3) is 0 Å². The fourth-order valence-electron chi connectivity index (χ4n) is 2.27. The molecule has 1 N–H and O–H groups in total. The van der Waals surface area contributed by atoms with Crippen molar-refractivity contribution in [2.75, 3.05) is 37.4 Å². The van der Waals surface area contributed by atoms with E-state index in [-0.39, 0.29) is 18.2 Å². The third kappa shape index (κ3) is 3.60. The van der Waals surface area contributed by atoms with E-state index in [1.165, 1.54) is 0 Å². The summed E-state index contributed by atoms with van der Waals surface area (Å²) in [7, 11) is 3.86. The van der Waals surface area contributed by atoms with E-state index in [9.17, 15) is 4.79 Å². The molecule has 1 aliphatic rings. The molecular formula is C14H22N4O2. The lowest BCUT2D eigenvalue weighted by molar-refractivity contribution is -0.0530. The standard InChI is InChI=1S/C14H22N4O2/c1-10-8-18(9-11(2)20-10)14(19)16-12-5-6-13(15-7-12)17(3)4/h5-7,10-11H,8-9H2,1-4H3,(H,16,19)/t10-,11-/m1/s1. The highest BCUT2D eigenvalue weighted by molar-refractivity contribution is 5.89. The number of ether oxygens (including phenoxy) is 1. The second-order valence-electron chi connectivity index (χ2n) is 5.39. The minimum atomic E-state index is -0.105. The van der Waals surface area contributed by atoms with Crippen molar-refractivity contribution < 1.29 is 9.53 Å². The molecule has 0 radical (unpaired) electrons. The van der Waals surface area contributed by atoms with E-state index < -0.39 is 0 Å². The third-order valence-electron chi connectivity index (χ3n) is 3.16. The number of carbonyl (C=O) groups excluding carboxylic acids is 1. The van der Waals surface area contributed by atoms with Crippen LogP contribution in [0.4, 0.5) is 16.3 Å². The Hall–Kier alpha value is -1.82. The van der Waals surface area contributed by atoms with Crippen molar-refractivity contribution in [3.05, 3.63) is 18.3 Å². The fourth-order valence-corrected chi connectivity index (χ4v) is 2.27. The molecule has 1 aromatic heterocycles. The molecule has 1 aromatic rings. The smallest absolute Gasteiger partial charge is 0.322 e. The van der Waals surface area contributed by atoms with Crippen LogP contribution < -0.4 is 10.2 Å². The number of nitrogens with one attached hydrogen (secondary N) is 1. The van der Waals surface area contributed by atoms with Crippen LogP contribution in [0.3, 0.4) is 0 Å². The number of anilines is 2. The number of hydrogen-bond donors (Lipinski definition) is 1. The molecule has 0 bridgehead atoms. The van der Waals surface area contributed by atoms with Gasteiger partial charge in [-0.05, 0) is 26.0 Å². The van der Waals surface area contributed by atoms with Gasteiger partial charge in [-0.1, -0.05) is 0 Å². The Bertz CT molecular complexity index is 451. The maximum absolute atomic E-state index is 12.2. The minimum absolute atomic E-state index is 0.0683. The van der Waals surface area contributed by atoms with Gasteiger partial charge in [-0.15, -0.1) is 0 Å². The number of pyridine rings is 1. The summed E-state index contributed by atoms with van der Waals surface area (Å²) in [6, 6.07) is 3.62. The largest absolute Gasteiger partial charge is 0.372 e. The zero-order valence-corrected chi connectivity index (χ0v) is 12.5. The van der Waals surface area contributed by atoms with Crippen LogP contribution in [0.1, 0.15) is 13.8 Å². The predicted octanol–water partition coefficient (Wildman–Crippen LogP) is 1.79. The number of rotatable bonds is 2. The summed E-state index contributed by atoms with van der Waals surface area (Å²) in [6.07, 6.45) is 1.80. The molecule has 20 heavy (non-hydrogen) atoms. The van der Waals surface area contributed by atoms with Gasteiger partial charge in [0.2, 0.25) is 0 Å². The first-order valence-electron chi connectivity index (χ1n) is 6.80. The molecule has 1 fully saturated rings. The van der Waals surface area contributed by atoms with Crippen LogP contribution in [-0.2, 0) is 4.74 Å². The van der Waals surface area contributed by atoms with Gasteiger partial charge in [-0.2, -0.15) is 0 Å². The van der Waals surface area contributed by atoms with E-state index in [2.05, 4.69) is 10.3 Å². The molecule has 0 saturated carbocycles. The van der Waals surface area contributed by atoms with Crippen molar-refractivity contribution in [1.82, 2.24) is 9.88 Å². The molecule has 0 unspecified atom stereocenters. The Kier molecular flexibility index (Phi) is 4.44. The number of amides is 2. The Labute approximate surface area is 119 Å². The molecule has 1 aliphatic heterocycles. The Morgan fingerprint density at radius 2 is 2.00 bits per heavy atom. The first kappa shape index (κ1) is 14.6. The summed E-state index contributed by atoms with van der Waals surface area (Å²) in [4.78, 5) is 20.2. The third-order valence-corrected chi connectivity index (χ3v) is 3.16. The van der Waals surface area contributed by atoms with Crippen molar-refractivity contribution in [3.63, 3.8) is 0 Å². The number of urea groups is 1. The lowest BCUT2D eigenvalue weighted by Gasteiger charge is -2.35. The molecule has 1 saturated heterocycles. The molecule has 0 spiro atoms. The Balaban J connectivity index is 1.97. The van der Waals surface area contributed by atoms with Crippen LogP contribution in [-0.4, -0.2) is 55.3 Å². The van der Waals surface area contributed by atoms with Crippen LogP contribution in [0.5, 0.6) is 0 Å². The van der Waals surface area contributed by atoms with E-state index in [4.69, 9.17) is 4.74 Å². The molecular weight excluding hydrogens is 256 g/mol. The van der Waals surface area contributed by atoms with Crippen LogP contribution in [0.15, 0.2) is 18.3 Å². The summed E-state index contributed by atoms with van der Waals surface area (Å²) in [5.74, 6) is 0.858. The lowest BCUT2D eigenvalue weighted by atomic mass is 10.2. The van der Waals surface area contributed by atoms with Crippen molar-refractivity contribution in [2.45, 2.75) is 26.1 Å². The fraction of sp³-hybridized carbons (Fsp3) is 0.571. The zero-order chi connectivity index (χ0) is 14.7. The second kappa shape index (κ2) is 6.09. The highest BCUT2D eigenvalue weighted by Crippen LogP contribution is 2.15. The van der Waals surface area contributed by atoms with Crippen molar-refractivity contribution in [3.8, 4) is 0 Å². The summed E-state index contributed by atoms with van der Waals surface area (Å²) < 4.78 is 5.62. The topological polar surface area (TPSA) is 57.7 Å². The van der Waals surface area contributed by atoms with Gasteiger partial charge in [0.05, 0.1) is 24.1 Å². The SMILES string of the molecule is C[C@@H]1CN(C(=O)Nc2ccc(N(C)C)nc2)C[C@@H](C)O1. The number of hydrogen-bond acceptors (Lipinski definition) is 4. The summed E-state index contributed by atoms with van der Waals surface area (Å²) in [5, 5.41) is 2.87. The molecule has 2 rings (SSSR count). The molecule has 2 amide bonds. The average Bonchev–Trinajstić information content (AvgIpc) is 2.38. The second-order valence-corrected chi connectivity index (χ2v) is 5.39. The normalized spacial score (nSPS) is 22.5. The Morgan fingerprint density at radius 3 is 2.50 bits per heavy atom. The molecule has 6 heteroatoms. The van der Waals surface area contributed by atoms with Gasteiger partial charge >= 0.3 is 6.03 Å². The molecule has 110 valence electrons. The van der Waals surface area contributed by atoms with Crippen LogP contribution in [0, 0.1) is 0 Å². The van der Waals surface area contributed by atoms with Crippen LogP contribution >= 0.6 is 0 Å². The molecule has 0 aromatic carbocycles. The number of aromatic nitrogens is 1. The summed E-state index contributed by atoms with van der Waals surface area (Å²) >= 11 is 0. The van der Waals surface area contributed by atoms with E-state index in [0.29, 0.717) is 18.8 Å². The minimum Gasteiger partial charge on any atom is -0.372 e. The number of nitrogens with zero attached hydrogens (tertiary/aromatic N) is 3. The molecule has 0 aliphatic carbocycles. The first-order chi connectivity index (χ1) is 9.45. The highest BCUT2D eigenvalue weighted by atomic mass is 16.5. The van der Waals surface area contributed by atoms with Gasteiger partial charge in [0.15, 0.2) is 0 Å². The van der Waals surface area contributed by atoms with Gasteiger partial charge in [-0.25, -0.2) is 9.78 Å². The van der Waals surface area contributed by atoms with E-state index >= 15 is 0 Å². The Morgan fingerprint density at radius 1 is 1.35 bits per heavy atom. The molecule has 6 nitrogen and oxygen atoms in total. The van der Waals surface area contributed by atoms with Gasteiger partial charge in [0, 0.05) is 27.2 Å². The zero-order valence-electron chi connectivity index (χ0n) is 12.5. The van der Waals surface area contributed by atoms with Gasteiger partial charge < -0.3 is 19.9 Å². The maximum atomic E-state index is 12.2.